The minimum absolute atomic E-state index is 0.157. The van der Waals surface area contributed by atoms with Crippen molar-refractivity contribution < 1.29 is 0 Å². The first-order valence-electron chi connectivity index (χ1n) is 26.0. The summed E-state index contributed by atoms with van der Waals surface area (Å²) in [6.07, 6.45) is 23.5. The summed E-state index contributed by atoms with van der Waals surface area (Å²) in [6, 6.07) is 56.1. The Morgan fingerprint density at radius 1 is 0.329 bits per heavy atom. The Bertz CT molecular complexity index is 3430. The van der Waals surface area contributed by atoms with E-state index in [9.17, 15) is 0 Å². The summed E-state index contributed by atoms with van der Waals surface area (Å²) in [5.74, 6) is 8.55. The molecule has 12 rings (SSSR count). The normalized spacial score (nSPS) is 14.5. The maximum absolute atomic E-state index is 5.85. The highest BCUT2D eigenvalue weighted by Gasteiger charge is 2.45. The van der Waals surface area contributed by atoms with Gasteiger partial charge in [0.2, 0.25) is 0 Å². The molecule has 73 heavy (non-hydrogen) atoms. The largest absolute Gasteiger partial charge is 0.310 e. The number of thiophene rings is 3. The van der Waals surface area contributed by atoms with Crippen molar-refractivity contribution in [2.24, 2.45) is 0 Å². The molecule has 0 amide bonds. The van der Waals surface area contributed by atoms with Gasteiger partial charge < -0.3 is 4.90 Å². The van der Waals surface area contributed by atoms with E-state index in [1.54, 1.807) is 34.0 Å². The molecule has 0 N–H and O–H groups in total. The standard InChI is InChI=1S/C69H57NS3/c1-10-49-25-34-64(71-49)43-19-28-52-55-31-22-46(40-61(55)67(13-4,14-5)58(52)37-43)70(47-23-32-56-53-29-20-44(65-35-26-50(11-2)72-65)38-59(53)68(15-6,16-7)62(56)41-47)48-24-33-57-54-30-21-45(66-36-27-51(12-3)73-66)39-60(54)69(17-8,18-9)63(57)42-48/h1-3,19-42H,13-18H2,4-9H3. The summed E-state index contributed by atoms with van der Waals surface area (Å²) in [4.78, 5) is 9.09. The van der Waals surface area contributed by atoms with Crippen molar-refractivity contribution in [1.82, 2.24) is 0 Å². The Labute approximate surface area is 444 Å². The van der Waals surface area contributed by atoms with E-state index in [-0.39, 0.29) is 16.2 Å². The molecule has 0 unspecified atom stereocenters. The van der Waals surface area contributed by atoms with Crippen molar-refractivity contribution in [1.29, 1.82) is 0 Å². The molecule has 3 aromatic heterocycles. The van der Waals surface area contributed by atoms with Crippen LogP contribution in [0.1, 0.15) is 128 Å². The lowest BCUT2D eigenvalue weighted by Gasteiger charge is -2.34. The summed E-state index contributed by atoms with van der Waals surface area (Å²) in [6.45, 7) is 14.2. The Morgan fingerprint density at radius 3 is 0.808 bits per heavy atom. The zero-order chi connectivity index (χ0) is 50.4. The third kappa shape index (κ3) is 6.83. The highest BCUT2D eigenvalue weighted by atomic mass is 32.1. The molecule has 3 aliphatic rings. The van der Waals surface area contributed by atoms with E-state index in [1.165, 1.54) is 115 Å². The summed E-state index contributed by atoms with van der Waals surface area (Å²) in [5, 5.41) is 0. The molecule has 3 heterocycles. The summed E-state index contributed by atoms with van der Waals surface area (Å²) >= 11 is 5.08. The van der Waals surface area contributed by atoms with Crippen LogP contribution in [0.2, 0.25) is 0 Å². The van der Waals surface area contributed by atoms with Crippen LogP contribution in [0.4, 0.5) is 17.1 Å². The van der Waals surface area contributed by atoms with Crippen molar-refractivity contribution in [2.45, 2.75) is 96.3 Å². The van der Waals surface area contributed by atoms with Gasteiger partial charge in [0.1, 0.15) is 0 Å². The average Bonchev–Trinajstić information content (AvgIpc) is 4.32. The molecule has 0 saturated carbocycles. The zero-order valence-electron chi connectivity index (χ0n) is 42.5. The highest BCUT2D eigenvalue weighted by molar-refractivity contribution is 7.16. The molecule has 0 bridgehead atoms. The maximum Gasteiger partial charge on any atom is 0.0772 e. The van der Waals surface area contributed by atoms with Gasteiger partial charge in [0, 0.05) is 47.9 Å². The molecule has 4 heteroatoms. The van der Waals surface area contributed by atoms with Crippen LogP contribution in [-0.2, 0) is 16.2 Å². The van der Waals surface area contributed by atoms with E-state index in [0.29, 0.717) is 0 Å². The maximum atomic E-state index is 5.85. The first-order chi connectivity index (χ1) is 35.6. The van der Waals surface area contributed by atoms with E-state index in [2.05, 4.69) is 210 Å². The van der Waals surface area contributed by atoms with Crippen molar-refractivity contribution in [3.63, 3.8) is 0 Å². The minimum Gasteiger partial charge on any atom is -0.310 e. The number of hydrogen-bond acceptors (Lipinski definition) is 4. The van der Waals surface area contributed by atoms with Crippen LogP contribution in [0.15, 0.2) is 146 Å². The molecular weight excluding hydrogens is 939 g/mol. The molecule has 0 atom stereocenters. The van der Waals surface area contributed by atoms with Crippen LogP contribution >= 0.6 is 34.0 Å². The number of nitrogens with zero attached hydrogens (tertiary/aromatic N) is 1. The lowest BCUT2D eigenvalue weighted by molar-refractivity contribution is 0.490. The first kappa shape index (κ1) is 46.9. The van der Waals surface area contributed by atoms with Gasteiger partial charge in [0.05, 0.1) is 14.6 Å². The number of rotatable bonds is 12. The zero-order valence-corrected chi connectivity index (χ0v) is 45.0. The fourth-order valence-electron chi connectivity index (χ4n) is 13.5. The van der Waals surface area contributed by atoms with Gasteiger partial charge >= 0.3 is 0 Å². The fraction of sp³-hybridized carbons (Fsp3) is 0.217. The Morgan fingerprint density at radius 2 is 0.575 bits per heavy atom. The second kappa shape index (κ2) is 17.8. The lowest BCUT2D eigenvalue weighted by atomic mass is 9.73. The lowest BCUT2D eigenvalue weighted by Crippen LogP contribution is -2.25. The van der Waals surface area contributed by atoms with Crippen LogP contribution in [-0.4, -0.2) is 0 Å². The third-order valence-electron chi connectivity index (χ3n) is 17.5. The van der Waals surface area contributed by atoms with Gasteiger partial charge in [-0.25, -0.2) is 0 Å². The highest BCUT2D eigenvalue weighted by Crippen LogP contribution is 2.59. The van der Waals surface area contributed by atoms with Gasteiger partial charge in [-0.15, -0.1) is 53.3 Å². The molecule has 1 nitrogen and oxygen atoms in total. The van der Waals surface area contributed by atoms with Crippen LogP contribution < -0.4 is 4.90 Å². The van der Waals surface area contributed by atoms with Crippen LogP contribution in [0, 0.1) is 37.0 Å². The quantitative estimate of drug-likeness (QED) is 0.110. The number of terminal acetylenes is 3. The van der Waals surface area contributed by atoms with Crippen molar-refractivity contribution in [3.8, 4) is 102 Å². The summed E-state index contributed by atoms with van der Waals surface area (Å²) < 4.78 is 0. The van der Waals surface area contributed by atoms with E-state index in [4.69, 9.17) is 19.3 Å². The molecule has 0 saturated heterocycles. The number of anilines is 3. The van der Waals surface area contributed by atoms with Gasteiger partial charge in [0.15, 0.2) is 0 Å². The molecular formula is C69H57NS3. The number of fused-ring (bicyclic) bond motifs is 9. The van der Waals surface area contributed by atoms with Crippen LogP contribution in [0.5, 0.6) is 0 Å². The third-order valence-corrected chi connectivity index (χ3v) is 20.7. The van der Waals surface area contributed by atoms with Crippen LogP contribution in [0.25, 0.3) is 64.7 Å². The second-order valence-corrected chi connectivity index (χ2v) is 23.3. The van der Waals surface area contributed by atoms with Gasteiger partial charge in [0.25, 0.3) is 0 Å². The molecule has 356 valence electrons. The van der Waals surface area contributed by atoms with Gasteiger partial charge in [-0.1, -0.05) is 114 Å². The minimum atomic E-state index is -0.157. The molecule has 0 aliphatic heterocycles. The molecule has 9 aromatic rings. The smallest absolute Gasteiger partial charge is 0.0772 e. The van der Waals surface area contributed by atoms with Gasteiger partial charge in [-0.3, -0.25) is 0 Å². The molecule has 0 radical (unpaired) electrons. The summed E-state index contributed by atoms with van der Waals surface area (Å²) in [7, 11) is 0. The summed E-state index contributed by atoms with van der Waals surface area (Å²) in [5.41, 5.74) is 23.2. The molecule has 0 spiro atoms. The predicted octanol–water partition coefficient (Wildman–Crippen LogP) is 19.5. The van der Waals surface area contributed by atoms with Gasteiger partial charge in [-0.2, -0.15) is 0 Å². The molecule has 0 fully saturated rings. The van der Waals surface area contributed by atoms with Crippen LogP contribution in [0.3, 0.4) is 0 Å². The number of hydrogen-bond donors (Lipinski definition) is 0. The number of benzene rings is 6. The van der Waals surface area contributed by atoms with E-state index in [0.717, 1.165) is 53.2 Å². The Balaban J connectivity index is 1.04. The van der Waals surface area contributed by atoms with Crippen molar-refractivity contribution in [2.75, 3.05) is 4.90 Å². The van der Waals surface area contributed by atoms with E-state index >= 15 is 0 Å². The second-order valence-electron chi connectivity index (χ2n) is 20.1. The SMILES string of the molecule is C#Cc1ccc(-c2ccc3c(c2)C(CC)(CC)c2cc(N(c4ccc5c(c4)C(CC)(CC)c4cc(-c6ccc(C#C)s6)ccc4-5)c4ccc5c(c4)C(CC)(CC)c4cc(-c6ccc(C#C)s6)ccc4-5)ccc2-3)s1. The van der Waals surface area contributed by atoms with Gasteiger partial charge in [-0.05, 0) is 213 Å². The monoisotopic (exact) mass is 995 g/mol. The van der Waals surface area contributed by atoms with Crippen molar-refractivity contribution in [3.05, 3.63) is 194 Å². The predicted molar refractivity (Wildman–Crippen MR) is 315 cm³/mol. The molecule has 3 aliphatic carbocycles. The van der Waals surface area contributed by atoms with E-state index in [1.807, 2.05) is 0 Å². The topological polar surface area (TPSA) is 3.24 Å². The average molecular weight is 996 g/mol. The Hall–Kier alpha value is -7.10. The fourth-order valence-corrected chi connectivity index (χ4v) is 16.0. The Kier molecular flexibility index (Phi) is 11.5. The molecule has 6 aromatic carbocycles. The first-order valence-corrected chi connectivity index (χ1v) is 28.5. The van der Waals surface area contributed by atoms with Crippen molar-refractivity contribution >= 4 is 51.1 Å². The van der Waals surface area contributed by atoms with E-state index < -0.39 is 0 Å².